The minimum atomic E-state index is -0.761. The highest BCUT2D eigenvalue weighted by Gasteiger charge is 2.19. The topological polar surface area (TPSA) is 78.9 Å². The lowest BCUT2D eigenvalue weighted by molar-refractivity contribution is -0.167. The molecule has 0 saturated carbocycles. The van der Waals surface area contributed by atoms with Crippen molar-refractivity contribution >= 4 is 17.9 Å². The van der Waals surface area contributed by atoms with Crippen molar-refractivity contribution in [1.29, 1.82) is 0 Å². The number of hydrogen-bond donors (Lipinski definition) is 0. The molecule has 0 N–H and O–H groups in total. The Labute approximate surface area is 380 Å². The van der Waals surface area contributed by atoms with Gasteiger partial charge in [0.2, 0.25) is 0 Å². The quantitative estimate of drug-likeness (QED) is 0.0344. The summed E-state index contributed by atoms with van der Waals surface area (Å²) in [6.07, 6.45) is 52.4. The van der Waals surface area contributed by atoms with E-state index in [-0.39, 0.29) is 31.1 Å². The highest BCUT2D eigenvalue weighted by molar-refractivity contribution is 5.71. The summed E-state index contributed by atoms with van der Waals surface area (Å²) in [5.41, 5.74) is 0. The van der Waals surface area contributed by atoms with Gasteiger partial charge in [-0.3, -0.25) is 14.4 Å². The van der Waals surface area contributed by atoms with Gasteiger partial charge >= 0.3 is 17.9 Å². The fourth-order valence-electron chi connectivity index (χ4n) is 8.39. The Morgan fingerprint density at radius 3 is 0.803 bits per heavy atom. The molecule has 0 spiro atoms. The molecule has 1 atom stereocenters. The molecule has 0 aromatic rings. The molecular weight excluding hydrogens is 757 g/mol. The van der Waals surface area contributed by atoms with Crippen molar-refractivity contribution in [3.05, 3.63) is 0 Å². The van der Waals surface area contributed by atoms with Gasteiger partial charge in [-0.15, -0.1) is 0 Å². The molecule has 0 radical (unpaired) electrons. The van der Waals surface area contributed by atoms with Crippen LogP contribution in [0.25, 0.3) is 0 Å². The van der Waals surface area contributed by atoms with Crippen molar-refractivity contribution in [2.75, 3.05) is 13.2 Å². The van der Waals surface area contributed by atoms with Gasteiger partial charge < -0.3 is 14.2 Å². The summed E-state index contributed by atoms with van der Waals surface area (Å²) in [7, 11) is 0. The first-order valence-electron chi connectivity index (χ1n) is 27.4. The highest BCUT2D eigenvalue weighted by Crippen LogP contribution is 2.17. The normalized spacial score (nSPS) is 12.0. The van der Waals surface area contributed by atoms with Crippen LogP contribution in [-0.4, -0.2) is 37.2 Å². The smallest absolute Gasteiger partial charge is 0.306 e. The van der Waals surface area contributed by atoms with E-state index in [1.165, 1.54) is 205 Å². The molecule has 0 aliphatic carbocycles. The largest absolute Gasteiger partial charge is 0.462 e. The van der Waals surface area contributed by atoms with Crippen LogP contribution in [0.2, 0.25) is 0 Å². The lowest BCUT2D eigenvalue weighted by atomic mass is 10.0. The summed E-state index contributed by atoms with van der Waals surface area (Å²) < 4.78 is 16.8. The van der Waals surface area contributed by atoms with Crippen LogP contribution in [0.3, 0.4) is 0 Å². The Bertz CT molecular complexity index is 918. The fraction of sp³-hybridized carbons (Fsp3) is 0.945. The molecule has 0 aliphatic heterocycles. The number of unbranched alkanes of at least 4 members (excludes halogenated alkanes) is 37. The molecule has 0 unspecified atom stereocenters. The average molecular weight is 863 g/mol. The average Bonchev–Trinajstić information content (AvgIpc) is 3.24. The van der Waals surface area contributed by atoms with E-state index in [4.69, 9.17) is 14.2 Å². The van der Waals surface area contributed by atoms with E-state index >= 15 is 0 Å². The molecule has 0 aromatic carbocycles. The number of hydrogen-bond acceptors (Lipinski definition) is 6. The second-order valence-electron chi connectivity index (χ2n) is 19.3. The van der Waals surface area contributed by atoms with Crippen LogP contribution in [0.4, 0.5) is 0 Å². The number of rotatable bonds is 50. The van der Waals surface area contributed by atoms with Crippen LogP contribution in [0, 0.1) is 5.92 Å². The molecule has 0 bridgehead atoms. The molecular formula is C55H106O6. The summed E-state index contributed by atoms with van der Waals surface area (Å²) >= 11 is 0. The molecule has 0 saturated heterocycles. The van der Waals surface area contributed by atoms with Crippen LogP contribution in [0.15, 0.2) is 0 Å². The van der Waals surface area contributed by atoms with Crippen molar-refractivity contribution in [3.8, 4) is 0 Å². The van der Waals surface area contributed by atoms with E-state index in [9.17, 15) is 14.4 Å². The second kappa shape index (κ2) is 49.4. The van der Waals surface area contributed by atoms with Crippen LogP contribution in [0.1, 0.15) is 310 Å². The second-order valence-corrected chi connectivity index (χ2v) is 19.3. The van der Waals surface area contributed by atoms with Gasteiger partial charge in [0.15, 0.2) is 6.10 Å². The van der Waals surface area contributed by atoms with Crippen molar-refractivity contribution in [3.63, 3.8) is 0 Å². The summed E-state index contributed by atoms with van der Waals surface area (Å²) in [5, 5.41) is 0. The molecule has 6 nitrogen and oxygen atoms in total. The van der Waals surface area contributed by atoms with Gasteiger partial charge in [0, 0.05) is 19.3 Å². The number of carbonyl (C=O) groups is 3. The zero-order valence-electron chi connectivity index (χ0n) is 41.6. The minimum Gasteiger partial charge on any atom is -0.462 e. The van der Waals surface area contributed by atoms with Crippen LogP contribution in [-0.2, 0) is 28.6 Å². The van der Waals surface area contributed by atoms with Crippen LogP contribution < -0.4 is 0 Å². The first-order chi connectivity index (χ1) is 29.9. The Hall–Kier alpha value is -1.59. The third kappa shape index (κ3) is 49.3. The SMILES string of the molecule is CCCCCCCCCCCCCCCCCCCCCC(=O)O[C@H](COC(=O)CCCCCCCCCCCCCCC)COC(=O)CCCCCCCCCCC(C)C. The molecule has 0 aromatic heterocycles. The Morgan fingerprint density at radius 2 is 0.541 bits per heavy atom. The lowest BCUT2D eigenvalue weighted by Gasteiger charge is -2.18. The third-order valence-corrected chi connectivity index (χ3v) is 12.5. The first kappa shape index (κ1) is 59.4. The minimum absolute atomic E-state index is 0.0628. The van der Waals surface area contributed by atoms with Crippen molar-refractivity contribution < 1.29 is 28.6 Å². The lowest BCUT2D eigenvalue weighted by Crippen LogP contribution is -2.30. The monoisotopic (exact) mass is 863 g/mol. The Kier molecular flexibility index (Phi) is 48.1. The third-order valence-electron chi connectivity index (χ3n) is 12.5. The first-order valence-corrected chi connectivity index (χ1v) is 27.4. The standard InChI is InChI=1S/C55H106O6/c1-5-7-9-11-13-15-17-19-20-21-22-23-24-26-28-30-36-40-44-48-55(58)61-52(50-60-54(57)47-43-39-35-32-31-33-37-41-45-51(3)4)49-59-53(56)46-42-38-34-29-27-25-18-16-14-12-10-8-6-2/h51-52H,5-50H2,1-4H3/t52-/m1/s1. The maximum Gasteiger partial charge on any atom is 0.306 e. The highest BCUT2D eigenvalue weighted by atomic mass is 16.6. The molecule has 61 heavy (non-hydrogen) atoms. The Morgan fingerprint density at radius 1 is 0.311 bits per heavy atom. The van der Waals surface area contributed by atoms with Crippen LogP contribution in [0.5, 0.6) is 0 Å². The number of carbonyl (C=O) groups excluding carboxylic acids is 3. The summed E-state index contributed by atoms with van der Waals surface area (Å²) in [5.74, 6) is -0.0464. The van der Waals surface area contributed by atoms with E-state index in [2.05, 4.69) is 27.7 Å². The van der Waals surface area contributed by atoms with Gasteiger partial charge in [-0.25, -0.2) is 0 Å². The van der Waals surface area contributed by atoms with Crippen molar-refractivity contribution in [2.45, 2.75) is 316 Å². The summed E-state index contributed by atoms with van der Waals surface area (Å²) in [6, 6.07) is 0. The van der Waals surface area contributed by atoms with Gasteiger partial charge in [0.25, 0.3) is 0 Å². The van der Waals surface area contributed by atoms with E-state index in [1.807, 2.05) is 0 Å². The van der Waals surface area contributed by atoms with Crippen molar-refractivity contribution in [1.82, 2.24) is 0 Å². The van der Waals surface area contributed by atoms with E-state index < -0.39 is 6.10 Å². The number of esters is 3. The number of ether oxygens (including phenoxy) is 3. The van der Waals surface area contributed by atoms with E-state index in [1.54, 1.807) is 0 Å². The van der Waals surface area contributed by atoms with Gasteiger partial charge in [-0.2, -0.15) is 0 Å². The predicted octanol–water partition coefficient (Wildman–Crippen LogP) is 17.8. The van der Waals surface area contributed by atoms with E-state index in [0.29, 0.717) is 19.3 Å². The van der Waals surface area contributed by atoms with Gasteiger partial charge in [-0.1, -0.05) is 272 Å². The summed E-state index contributed by atoms with van der Waals surface area (Å²) in [6.45, 7) is 9.01. The van der Waals surface area contributed by atoms with Gasteiger partial charge in [0.05, 0.1) is 0 Å². The molecule has 0 rings (SSSR count). The van der Waals surface area contributed by atoms with E-state index in [0.717, 1.165) is 63.7 Å². The maximum atomic E-state index is 12.8. The summed E-state index contributed by atoms with van der Waals surface area (Å²) in [4.78, 5) is 38.0. The predicted molar refractivity (Wildman–Crippen MR) is 261 cm³/mol. The zero-order chi connectivity index (χ0) is 44.5. The molecule has 0 aliphatic rings. The molecule has 6 heteroatoms. The van der Waals surface area contributed by atoms with Crippen molar-refractivity contribution in [2.24, 2.45) is 5.92 Å². The fourth-order valence-corrected chi connectivity index (χ4v) is 8.39. The maximum absolute atomic E-state index is 12.8. The van der Waals surface area contributed by atoms with Gasteiger partial charge in [0.1, 0.15) is 13.2 Å². The molecule has 0 amide bonds. The zero-order valence-corrected chi connectivity index (χ0v) is 41.6. The van der Waals surface area contributed by atoms with Crippen LogP contribution >= 0.6 is 0 Å². The van der Waals surface area contributed by atoms with Gasteiger partial charge in [-0.05, 0) is 25.2 Å². The molecule has 0 fully saturated rings. The molecule has 362 valence electrons. The Balaban J connectivity index is 4.26. The molecule has 0 heterocycles.